The van der Waals surface area contributed by atoms with Gasteiger partial charge < -0.3 is 90.7 Å². The second-order valence-electron chi connectivity index (χ2n) is 33.7. The van der Waals surface area contributed by atoms with Crippen LogP contribution in [0.25, 0.3) is 0 Å². The van der Waals surface area contributed by atoms with E-state index < -0.39 is 267 Å². The number of fused-ring (bicyclic) bond motifs is 2. The Bertz CT molecular complexity index is 5270. The molecule has 0 saturated carbocycles. The number of benzene rings is 7. The molecular weight excluding hydrogens is 1900 g/mol. The monoisotopic (exact) mass is 1990 g/mol. The lowest BCUT2D eigenvalue weighted by Gasteiger charge is -2.53. The summed E-state index contributed by atoms with van der Waals surface area (Å²) >= 11 is 54.3. The SMILES string of the molecule is CC(=O)O[C@H]1[C@H](O[C@@H]2O[C@H](C(=O)OCC[Si](C)(C)C)[C@H](OCc3ccccc3)[C@H](OCc3ccccc3)[C@H]2OC(=O)c2ccccc2)[C@@H](C)O[C@@H](O[C@H]2[C@H](OC(C)=O)[C@@H](N3C(=O)c4c(Cl)c(Cl)c(Cl)c(Cl)c4C3=O)[C@H](O[C@H]3[C@H](OCC[Si](C)(C)C)O[C@H](C(=O)Oc4ccccc4)[C@@](C)(O)[C@@H]3OC(=O)Oc3ccccc3)O[C@@H]2CO)[C@@H]1N1C(=O)c2c(Cl)c(Cl)c(Cl)c(Cl)c2C1=O. The Morgan fingerprint density at radius 1 is 0.431 bits per heavy atom. The molecule has 4 saturated heterocycles. The standard InChI is InChI=1S/C89H90Cl8N2O29Si2/c1-43-66(123-87-73(122-81(107)48-30-20-13-21-31-48)71(115-42-47-28-18-12-19-29-47)70(114-41-46-26-16-11-17-27-46)72(125-87)82(108)112-36-38-129(5,6)7)68(117-44(2)101)64(98-77(103)52-53(78(98)104)57(91)61(95)60(94)56(52)90)84(116-43)124-67-51(40-100)121-85(65(69(67)118-45(3)102)99-79(105)54-55(80(99)106)59(93)63(97)62(96)58(54)92)126-74-75(128-88(110)120-50-34-24-15-25-35-50)89(4,111)76(83(109)119-49-32-22-14-23-33-49)127-86(74)113-37-39-130(8,9)10/h11-35,43,51,64-76,84-87,100,111H,36-42H2,1-10H3/t43-,51-,64-,65-,66-,67-,68-,69-,70-,71+,72+,73-,74-,75-,76-,84+,85+,86-,87-,89+/m1/s1. The molecule has 0 aromatic heterocycles. The number of hydrogen-bond donors (Lipinski definition) is 2. The van der Waals surface area contributed by atoms with Gasteiger partial charge in [0.25, 0.3) is 23.6 Å². The minimum absolute atomic E-state index is 0.0180. The molecule has 4 amide bonds. The molecule has 0 spiro atoms. The van der Waals surface area contributed by atoms with Crippen LogP contribution in [0.15, 0.2) is 152 Å². The topological polar surface area (TPSA) is 375 Å². The first kappa shape index (κ1) is 99.2. The van der Waals surface area contributed by atoms with Crippen LogP contribution in [0.5, 0.6) is 11.5 Å². The molecule has 13 rings (SSSR count). The maximum Gasteiger partial charge on any atom is 0.514 e. The van der Waals surface area contributed by atoms with Crippen molar-refractivity contribution in [1.29, 1.82) is 0 Å². The number of halogens is 8. The third kappa shape index (κ3) is 21.9. The van der Waals surface area contributed by atoms with Crippen LogP contribution in [0.4, 0.5) is 4.79 Å². The van der Waals surface area contributed by atoms with E-state index in [9.17, 15) is 29.4 Å². The molecule has 6 heterocycles. The maximum atomic E-state index is 16.0. The van der Waals surface area contributed by atoms with Crippen LogP contribution < -0.4 is 9.47 Å². The van der Waals surface area contributed by atoms with Crippen molar-refractivity contribution in [3.05, 3.63) is 231 Å². The van der Waals surface area contributed by atoms with E-state index in [0.29, 0.717) is 33.0 Å². The Balaban J connectivity index is 0.976. The number of carbonyl (C=O) groups excluding carboxylic acids is 10. The van der Waals surface area contributed by atoms with Gasteiger partial charge in [-0.25, -0.2) is 19.2 Å². The number of para-hydroxylation sites is 2. The van der Waals surface area contributed by atoms with E-state index in [-0.39, 0.29) is 43.5 Å². The van der Waals surface area contributed by atoms with Crippen LogP contribution in [0.1, 0.15) is 90.6 Å². The van der Waals surface area contributed by atoms with Gasteiger partial charge in [-0.05, 0) is 73.5 Å². The summed E-state index contributed by atoms with van der Waals surface area (Å²) in [6.45, 7) is 14.1. The van der Waals surface area contributed by atoms with E-state index in [1.165, 1.54) is 55.5 Å². The van der Waals surface area contributed by atoms with Crippen molar-refractivity contribution >= 4 is 169 Å². The first-order valence-corrected chi connectivity index (χ1v) is 51.4. The van der Waals surface area contributed by atoms with Crippen molar-refractivity contribution in [2.75, 3.05) is 19.8 Å². The highest BCUT2D eigenvalue weighted by Gasteiger charge is 2.67. The maximum absolute atomic E-state index is 16.0. The zero-order valence-electron chi connectivity index (χ0n) is 71.2. The smallest absolute Gasteiger partial charge is 0.464 e. The van der Waals surface area contributed by atoms with Crippen molar-refractivity contribution in [2.24, 2.45) is 0 Å². The molecule has 6 aliphatic heterocycles. The third-order valence-corrected chi connectivity index (χ3v) is 29.0. The molecule has 20 atom stereocenters. The van der Waals surface area contributed by atoms with Crippen molar-refractivity contribution in [1.82, 2.24) is 9.80 Å². The quantitative estimate of drug-likeness (QED) is 0.00595. The molecule has 694 valence electrons. The molecule has 0 unspecified atom stereocenters. The van der Waals surface area contributed by atoms with E-state index in [2.05, 4.69) is 19.6 Å². The zero-order valence-corrected chi connectivity index (χ0v) is 79.2. The van der Waals surface area contributed by atoms with Crippen LogP contribution >= 0.6 is 92.8 Å². The van der Waals surface area contributed by atoms with Gasteiger partial charge in [0.1, 0.15) is 59.7 Å². The zero-order chi connectivity index (χ0) is 93.9. The fourth-order valence-corrected chi connectivity index (χ4v) is 19.0. The lowest BCUT2D eigenvalue weighted by molar-refractivity contribution is -0.381. The lowest BCUT2D eigenvalue weighted by Crippen LogP contribution is -2.73. The lowest BCUT2D eigenvalue weighted by atomic mass is 9.85. The van der Waals surface area contributed by atoms with Gasteiger partial charge in [0.15, 0.2) is 67.9 Å². The molecule has 2 N–H and O–H groups in total. The van der Waals surface area contributed by atoms with Crippen molar-refractivity contribution < 1.29 is 139 Å². The van der Waals surface area contributed by atoms with Crippen LogP contribution in [-0.2, 0) is 103 Å². The number of amides is 4. The Morgan fingerprint density at radius 2 is 0.846 bits per heavy atom. The highest BCUT2D eigenvalue weighted by molar-refractivity contribution is 6.76. The fraction of sp³-hybridized carbons (Fsp3) is 0.416. The van der Waals surface area contributed by atoms with Gasteiger partial charge in [-0.1, -0.05) is 247 Å². The number of nitrogens with zero attached hydrogens (tertiary/aromatic N) is 2. The second kappa shape index (κ2) is 42.1. The summed E-state index contributed by atoms with van der Waals surface area (Å²) in [5.74, 6) is -11.6. The number of esters is 5. The van der Waals surface area contributed by atoms with E-state index in [4.69, 9.17) is 173 Å². The van der Waals surface area contributed by atoms with Gasteiger partial charge in [-0.15, -0.1) is 0 Å². The molecule has 41 heteroatoms. The Labute approximate surface area is 788 Å². The highest BCUT2D eigenvalue weighted by Crippen LogP contribution is 2.51. The molecule has 31 nitrogen and oxygen atoms in total. The molecule has 0 aliphatic carbocycles. The molecule has 4 fully saturated rings. The van der Waals surface area contributed by atoms with Gasteiger partial charge in [0, 0.05) is 36.6 Å². The number of aliphatic hydroxyl groups is 2. The number of aliphatic hydroxyl groups excluding tert-OH is 1. The average Bonchev–Trinajstić information content (AvgIpc) is 1.45. The average molecular weight is 1990 g/mol. The minimum Gasteiger partial charge on any atom is -0.464 e. The van der Waals surface area contributed by atoms with Crippen molar-refractivity contribution in [3.63, 3.8) is 0 Å². The summed E-state index contributed by atoms with van der Waals surface area (Å²) < 4.78 is 111. The number of hydrogen-bond acceptors (Lipinski definition) is 29. The van der Waals surface area contributed by atoms with Crippen molar-refractivity contribution in [2.45, 2.75) is 214 Å². The Morgan fingerprint density at radius 3 is 1.31 bits per heavy atom. The predicted octanol–water partition coefficient (Wildman–Crippen LogP) is 15.0. The first-order chi connectivity index (χ1) is 61.7. The Kier molecular flexibility index (Phi) is 32.1. The molecular formula is C89H90Cl8N2O29Si2. The molecule has 0 bridgehead atoms. The summed E-state index contributed by atoms with van der Waals surface area (Å²) in [5.41, 5.74) is -4.54. The number of imide groups is 2. The van der Waals surface area contributed by atoms with Crippen molar-refractivity contribution in [3.8, 4) is 11.5 Å². The van der Waals surface area contributed by atoms with Gasteiger partial charge in [0.2, 0.25) is 0 Å². The van der Waals surface area contributed by atoms with Gasteiger partial charge in [-0.3, -0.25) is 38.6 Å². The number of carbonyl (C=O) groups is 10. The number of rotatable bonds is 31. The van der Waals surface area contributed by atoms with E-state index in [0.717, 1.165) is 20.8 Å². The van der Waals surface area contributed by atoms with Crippen LogP contribution in [0.2, 0.25) is 91.6 Å². The molecule has 0 radical (unpaired) electrons. The fourth-order valence-electron chi connectivity index (χ4n) is 15.6. The normalized spacial score (nSPS) is 27.4. The largest absolute Gasteiger partial charge is 0.514 e. The van der Waals surface area contributed by atoms with E-state index in [1.807, 2.05) is 19.6 Å². The predicted molar refractivity (Wildman–Crippen MR) is 474 cm³/mol. The summed E-state index contributed by atoms with van der Waals surface area (Å²) in [7, 11) is -4.14. The summed E-state index contributed by atoms with van der Waals surface area (Å²) in [6.07, 6.45) is -37.5. The molecule has 6 aliphatic rings. The van der Waals surface area contributed by atoms with Gasteiger partial charge in [0.05, 0.1) is 101 Å². The van der Waals surface area contributed by atoms with Crippen LogP contribution in [0.3, 0.4) is 0 Å². The summed E-state index contributed by atoms with van der Waals surface area (Å²) in [5, 5.41) is 20.7. The molecule has 130 heavy (non-hydrogen) atoms. The molecule has 7 aromatic carbocycles. The summed E-state index contributed by atoms with van der Waals surface area (Å²) in [6, 6.07) is 36.0. The Hall–Kier alpha value is -8.29. The van der Waals surface area contributed by atoms with Crippen LogP contribution in [-0.4, -0.2) is 238 Å². The molecule has 7 aromatic rings. The highest BCUT2D eigenvalue weighted by atomic mass is 35.5. The van der Waals surface area contributed by atoms with E-state index in [1.54, 1.807) is 103 Å². The first-order valence-electron chi connectivity index (χ1n) is 41.0. The van der Waals surface area contributed by atoms with E-state index >= 15 is 28.8 Å². The third-order valence-electron chi connectivity index (χ3n) is 22.0. The number of ether oxygens (including phenoxy) is 17. The van der Waals surface area contributed by atoms with Gasteiger partial charge in [-0.2, -0.15) is 0 Å². The summed E-state index contributed by atoms with van der Waals surface area (Å²) in [4.78, 5) is 153. The van der Waals surface area contributed by atoms with Gasteiger partial charge >= 0.3 is 36.0 Å². The minimum atomic E-state index is -2.87. The van der Waals surface area contributed by atoms with Crippen LogP contribution in [0, 0.1) is 0 Å². The second-order valence-corrected chi connectivity index (χ2v) is 48.0.